The van der Waals surface area contributed by atoms with Gasteiger partial charge in [-0.1, -0.05) is 0 Å². The Morgan fingerprint density at radius 3 is 2.47 bits per heavy atom. The van der Waals surface area contributed by atoms with E-state index in [1.807, 2.05) is 0 Å². The highest BCUT2D eigenvalue weighted by Crippen LogP contribution is 2.58. The number of methoxy groups -OCH3 is 1. The number of pyridine rings is 1. The third kappa shape index (κ3) is 1.77. The van der Waals surface area contributed by atoms with Crippen LogP contribution in [0.5, 0.6) is 5.75 Å². The zero-order chi connectivity index (χ0) is 12.7. The molecule has 0 amide bonds. The summed E-state index contributed by atoms with van der Waals surface area (Å²) in [6, 6.07) is 2.62. The minimum atomic E-state index is -4.32. The largest absolute Gasteiger partial charge is 0.494 e. The lowest BCUT2D eigenvalue weighted by atomic mass is 10.0. The summed E-state index contributed by atoms with van der Waals surface area (Å²) in [6.07, 6.45) is -3.88. The number of aromatic nitrogens is 1. The fourth-order valence-electron chi connectivity index (χ4n) is 1.80. The van der Waals surface area contributed by atoms with Crippen molar-refractivity contribution in [1.82, 2.24) is 4.98 Å². The van der Waals surface area contributed by atoms with Gasteiger partial charge in [0.25, 0.3) is 0 Å². The van der Waals surface area contributed by atoms with Gasteiger partial charge in [0.2, 0.25) is 0 Å². The third-order valence-corrected chi connectivity index (χ3v) is 3.00. The van der Waals surface area contributed by atoms with Crippen molar-refractivity contribution in [3.05, 3.63) is 23.5 Å². The van der Waals surface area contributed by atoms with E-state index in [1.54, 1.807) is 0 Å². The highest BCUT2D eigenvalue weighted by molar-refractivity contribution is 5.76. The molecule has 0 aliphatic heterocycles. The Morgan fingerprint density at radius 1 is 1.41 bits per heavy atom. The Kier molecular flexibility index (Phi) is 2.60. The monoisotopic (exact) mass is 245 g/mol. The first kappa shape index (κ1) is 11.9. The summed E-state index contributed by atoms with van der Waals surface area (Å²) in [5.41, 5.74) is -2.06. The van der Waals surface area contributed by atoms with E-state index in [2.05, 4.69) is 4.98 Å². The second-order valence-electron chi connectivity index (χ2n) is 3.98. The lowest BCUT2D eigenvalue weighted by Gasteiger charge is -2.19. The molecule has 1 aromatic rings. The van der Waals surface area contributed by atoms with Gasteiger partial charge in [0, 0.05) is 0 Å². The number of ether oxygens (including phenoxy) is 1. The molecule has 0 saturated heterocycles. The van der Waals surface area contributed by atoms with Gasteiger partial charge in [-0.25, -0.2) is 4.98 Å². The summed E-state index contributed by atoms with van der Waals surface area (Å²) in [7, 11) is 1.33. The highest BCUT2D eigenvalue weighted by Gasteiger charge is 2.65. The van der Waals surface area contributed by atoms with Crippen LogP contribution in [0.15, 0.2) is 12.1 Å². The quantitative estimate of drug-likeness (QED) is 0.768. The number of halogens is 3. The van der Waals surface area contributed by atoms with Gasteiger partial charge >= 0.3 is 6.18 Å². The first-order valence-corrected chi connectivity index (χ1v) is 5.02. The molecule has 0 spiro atoms. The number of nitrogens with zero attached hydrogens (tertiary/aromatic N) is 1. The highest BCUT2D eigenvalue weighted by atomic mass is 19.4. The molecular weight excluding hydrogens is 235 g/mol. The van der Waals surface area contributed by atoms with Crippen LogP contribution in [-0.4, -0.2) is 24.6 Å². The van der Waals surface area contributed by atoms with Gasteiger partial charge in [-0.05, 0) is 25.0 Å². The maximum atomic E-state index is 12.8. The van der Waals surface area contributed by atoms with E-state index in [4.69, 9.17) is 4.74 Å². The van der Waals surface area contributed by atoms with Crippen molar-refractivity contribution in [3.63, 3.8) is 0 Å². The van der Waals surface area contributed by atoms with Crippen LogP contribution in [-0.2, 0) is 5.41 Å². The molecule has 3 nitrogen and oxygen atoms in total. The summed E-state index contributed by atoms with van der Waals surface area (Å²) in [4.78, 5) is 14.5. The second-order valence-corrected chi connectivity index (χ2v) is 3.98. The van der Waals surface area contributed by atoms with Gasteiger partial charge in [-0.15, -0.1) is 0 Å². The lowest BCUT2D eigenvalue weighted by molar-refractivity contribution is -0.161. The molecule has 0 bridgehead atoms. The number of rotatable bonds is 3. The molecule has 1 saturated carbocycles. The Bertz CT molecular complexity index is 453. The van der Waals surface area contributed by atoms with E-state index < -0.39 is 11.6 Å². The number of carbonyl (C=O) groups excluding carboxylic acids is 1. The number of hydrogen-bond acceptors (Lipinski definition) is 3. The van der Waals surface area contributed by atoms with Crippen molar-refractivity contribution < 1.29 is 22.7 Å². The molecule has 0 aromatic carbocycles. The summed E-state index contributed by atoms with van der Waals surface area (Å²) < 4.78 is 43.4. The fraction of sp³-hybridized carbons (Fsp3) is 0.455. The maximum absolute atomic E-state index is 12.8. The molecule has 92 valence electrons. The van der Waals surface area contributed by atoms with Crippen LogP contribution >= 0.6 is 0 Å². The molecule has 17 heavy (non-hydrogen) atoms. The average molecular weight is 245 g/mol. The number of hydrogen-bond donors (Lipinski definition) is 0. The van der Waals surface area contributed by atoms with E-state index in [0.717, 1.165) is 0 Å². The smallest absolute Gasteiger partial charge is 0.399 e. The molecule has 0 unspecified atom stereocenters. The van der Waals surface area contributed by atoms with Crippen molar-refractivity contribution in [2.24, 2.45) is 0 Å². The Balaban J connectivity index is 2.45. The summed E-state index contributed by atoms with van der Waals surface area (Å²) in [5.74, 6) is 0.182. The molecule has 0 N–H and O–H groups in total. The summed E-state index contributed by atoms with van der Waals surface area (Å²) in [5, 5.41) is 0. The van der Waals surface area contributed by atoms with Crippen molar-refractivity contribution in [2.75, 3.05) is 7.11 Å². The standard InChI is InChI=1S/C11H10F3NO2/c1-17-8-2-3-9(15-7(8)6-16)10(4-5-10)11(12,13)14/h2-3,6H,4-5H2,1H3. The molecule has 0 atom stereocenters. The number of alkyl halides is 3. The van der Waals surface area contributed by atoms with E-state index in [-0.39, 0.29) is 30.0 Å². The van der Waals surface area contributed by atoms with E-state index in [9.17, 15) is 18.0 Å². The Labute approximate surface area is 95.6 Å². The first-order chi connectivity index (χ1) is 7.94. The van der Waals surface area contributed by atoms with Gasteiger partial charge in [0.15, 0.2) is 6.29 Å². The summed E-state index contributed by atoms with van der Waals surface area (Å²) >= 11 is 0. The van der Waals surface area contributed by atoms with Crippen LogP contribution in [0.4, 0.5) is 13.2 Å². The van der Waals surface area contributed by atoms with Crippen molar-refractivity contribution in [1.29, 1.82) is 0 Å². The zero-order valence-corrected chi connectivity index (χ0v) is 9.04. The molecule has 1 aromatic heterocycles. The fourth-order valence-corrected chi connectivity index (χ4v) is 1.80. The average Bonchev–Trinajstić information content (AvgIpc) is 3.08. The van der Waals surface area contributed by atoms with Crippen LogP contribution in [0.25, 0.3) is 0 Å². The topological polar surface area (TPSA) is 39.2 Å². The van der Waals surface area contributed by atoms with E-state index >= 15 is 0 Å². The normalized spacial score (nSPS) is 17.6. The van der Waals surface area contributed by atoms with Crippen LogP contribution in [0, 0.1) is 0 Å². The molecule has 6 heteroatoms. The van der Waals surface area contributed by atoms with Crippen LogP contribution in [0.3, 0.4) is 0 Å². The first-order valence-electron chi connectivity index (χ1n) is 5.02. The Morgan fingerprint density at radius 2 is 2.06 bits per heavy atom. The Hall–Kier alpha value is -1.59. The zero-order valence-electron chi connectivity index (χ0n) is 9.04. The third-order valence-electron chi connectivity index (χ3n) is 3.00. The van der Waals surface area contributed by atoms with Crippen LogP contribution in [0.1, 0.15) is 29.0 Å². The van der Waals surface area contributed by atoms with Gasteiger partial charge in [-0.2, -0.15) is 13.2 Å². The molecule has 0 radical (unpaired) electrons. The van der Waals surface area contributed by atoms with Crippen LogP contribution in [0.2, 0.25) is 0 Å². The predicted molar refractivity (Wildman–Crippen MR) is 53.1 cm³/mol. The van der Waals surface area contributed by atoms with E-state index in [0.29, 0.717) is 6.29 Å². The van der Waals surface area contributed by atoms with E-state index in [1.165, 1.54) is 19.2 Å². The van der Waals surface area contributed by atoms with Gasteiger partial charge in [-0.3, -0.25) is 4.79 Å². The molecule has 1 aliphatic carbocycles. The van der Waals surface area contributed by atoms with Crippen molar-refractivity contribution in [3.8, 4) is 5.75 Å². The molecular formula is C11H10F3NO2. The number of carbonyl (C=O) groups is 1. The molecule has 2 rings (SSSR count). The molecule has 1 heterocycles. The number of aldehydes is 1. The maximum Gasteiger partial charge on any atom is 0.399 e. The SMILES string of the molecule is COc1ccc(C2(C(F)(F)F)CC2)nc1C=O. The van der Waals surface area contributed by atoms with Crippen molar-refractivity contribution >= 4 is 6.29 Å². The van der Waals surface area contributed by atoms with Gasteiger partial charge in [0.05, 0.1) is 12.8 Å². The molecule has 1 fully saturated rings. The van der Waals surface area contributed by atoms with Gasteiger partial charge < -0.3 is 4.74 Å². The van der Waals surface area contributed by atoms with Crippen molar-refractivity contribution in [2.45, 2.75) is 24.4 Å². The lowest BCUT2D eigenvalue weighted by Crippen LogP contribution is -2.29. The van der Waals surface area contributed by atoms with Crippen LogP contribution < -0.4 is 4.74 Å². The van der Waals surface area contributed by atoms with Gasteiger partial charge in [0.1, 0.15) is 16.9 Å². The molecule has 1 aliphatic rings. The predicted octanol–water partition coefficient (Wildman–Crippen LogP) is 2.50. The minimum absolute atomic E-state index is 0.0220. The second kappa shape index (κ2) is 3.72. The minimum Gasteiger partial charge on any atom is -0.494 e. The summed E-state index contributed by atoms with van der Waals surface area (Å²) in [6.45, 7) is 0.